The van der Waals surface area contributed by atoms with Gasteiger partial charge in [-0.15, -0.1) is 0 Å². The molecule has 3 aromatic carbocycles. The standard InChI is InChI=1S/C14H10O2/c15-12-7-3-5-10-8-9-4-1-2-6-11(9)14(16)13(10)12/h1-8,15-16H. The van der Waals surface area contributed by atoms with Gasteiger partial charge in [-0.25, -0.2) is 0 Å². The number of hydrogen-bond donors (Lipinski definition) is 2. The maximum atomic E-state index is 10.1. The molecule has 78 valence electrons. The average Bonchev–Trinajstić information content (AvgIpc) is 2.29. The highest BCUT2D eigenvalue weighted by Gasteiger charge is 2.08. The van der Waals surface area contributed by atoms with Gasteiger partial charge in [0.15, 0.2) is 0 Å². The molecule has 0 spiro atoms. The van der Waals surface area contributed by atoms with Crippen molar-refractivity contribution in [1.29, 1.82) is 0 Å². The van der Waals surface area contributed by atoms with Crippen LogP contribution in [0.3, 0.4) is 0 Å². The summed E-state index contributed by atoms with van der Waals surface area (Å²) in [4.78, 5) is 0. The predicted molar refractivity (Wildman–Crippen MR) is 64.8 cm³/mol. The molecular formula is C14H10O2. The van der Waals surface area contributed by atoms with Crippen molar-refractivity contribution < 1.29 is 10.2 Å². The van der Waals surface area contributed by atoms with E-state index in [1.54, 1.807) is 12.1 Å². The summed E-state index contributed by atoms with van der Waals surface area (Å²) in [7, 11) is 0. The molecule has 3 aromatic rings. The van der Waals surface area contributed by atoms with Crippen molar-refractivity contribution in [2.75, 3.05) is 0 Å². The molecule has 0 aliphatic carbocycles. The molecule has 0 aliphatic heterocycles. The van der Waals surface area contributed by atoms with Crippen LogP contribution >= 0.6 is 0 Å². The van der Waals surface area contributed by atoms with Crippen LogP contribution < -0.4 is 0 Å². The highest BCUT2D eigenvalue weighted by Crippen LogP contribution is 2.38. The maximum absolute atomic E-state index is 10.1. The largest absolute Gasteiger partial charge is 0.507 e. The van der Waals surface area contributed by atoms with E-state index in [2.05, 4.69) is 0 Å². The lowest BCUT2D eigenvalue weighted by molar-refractivity contribution is 0.467. The number of benzene rings is 3. The van der Waals surface area contributed by atoms with Crippen LogP contribution in [0.4, 0.5) is 0 Å². The van der Waals surface area contributed by atoms with E-state index in [1.165, 1.54) is 0 Å². The number of phenolic OH excluding ortho intramolecular Hbond substituents is 2. The molecular weight excluding hydrogens is 200 g/mol. The minimum Gasteiger partial charge on any atom is -0.507 e. The van der Waals surface area contributed by atoms with Crippen LogP contribution in [-0.2, 0) is 0 Å². The van der Waals surface area contributed by atoms with Gasteiger partial charge in [0.2, 0.25) is 0 Å². The van der Waals surface area contributed by atoms with Crippen LogP contribution in [0.1, 0.15) is 0 Å². The minimum absolute atomic E-state index is 0.112. The molecule has 0 amide bonds. The van der Waals surface area contributed by atoms with Gasteiger partial charge in [0, 0.05) is 5.39 Å². The molecule has 2 nitrogen and oxygen atoms in total. The zero-order chi connectivity index (χ0) is 11.1. The van der Waals surface area contributed by atoms with Crippen molar-refractivity contribution in [3.63, 3.8) is 0 Å². The van der Waals surface area contributed by atoms with Gasteiger partial charge in [-0.1, -0.05) is 36.4 Å². The van der Waals surface area contributed by atoms with Crippen molar-refractivity contribution in [3.8, 4) is 11.5 Å². The summed E-state index contributed by atoms with van der Waals surface area (Å²) >= 11 is 0. The molecule has 2 N–H and O–H groups in total. The molecule has 16 heavy (non-hydrogen) atoms. The summed E-state index contributed by atoms with van der Waals surface area (Å²) < 4.78 is 0. The second-order valence-corrected chi connectivity index (χ2v) is 3.82. The maximum Gasteiger partial charge on any atom is 0.134 e. The monoisotopic (exact) mass is 210 g/mol. The van der Waals surface area contributed by atoms with Gasteiger partial charge in [0.05, 0.1) is 5.39 Å². The first-order chi connectivity index (χ1) is 7.77. The van der Waals surface area contributed by atoms with Crippen LogP contribution in [0, 0.1) is 0 Å². The van der Waals surface area contributed by atoms with Crippen molar-refractivity contribution in [2.45, 2.75) is 0 Å². The van der Waals surface area contributed by atoms with Crippen LogP contribution in [0.25, 0.3) is 21.5 Å². The second kappa shape index (κ2) is 3.14. The minimum atomic E-state index is 0.112. The molecule has 0 radical (unpaired) electrons. The lowest BCUT2D eigenvalue weighted by atomic mass is 10.0. The summed E-state index contributed by atoms with van der Waals surface area (Å²) in [6.45, 7) is 0. The topological polar surface area (TPSA) is 40.5 Å². The van der Waals surface area contributed by atoms with Crippen molar-refractivity contribution in [2.24, 2.45) is 0 Å². The first kappa shape index (κ1) is 9.04. The van der Waals surface area contributed by atoms with E-state index in [-0.39, 0.29) is 11.5 Å². The molecule has 2 heteroatoms. The first-order valence-corrected chi connectivity index (χ1v) is 5.10. The number of hydrogen-bond acceptors (Lipinski definition) is 2. The van der Waals surface area contributed by atoms with Gasteiger partial charge in [-0.2, -0.15) is 0 Å². The Bertz CT molecular complexity index is 687. The van der Waals surface area contributed by atoms with E-state index >= 15 is 0 Å². The Morgan fingerprint density at radius 2 is 1.50 bits per heavy atom. The van der Waals surface area contributed by atoms with Gasteiger partial charge < -0.3 is 10.2 Å². The van der Waals surface area contributed by atoms with Crippen LogP contribution in [0.5, 0.6) is 11.5 Å². The molecule has 0 bridgehead atoms. The Labute approximate surface area is 92.4 Å². The lowest BCUT2D eigenvalue weighted by Gasteiger charge is -2.07. The fourth-order valence-corrected chi connectivity index (χ4v) is 2.08. The van der Waals surface area contributed by atoms with E-state index < -0.39 is 0 Å². The van der Waals surface area contributed by atoms with E-state index in [9.17, 15) is 10.2 Å². The fraction of sp³-hybridized carbons (Fsp3) is 0. The van der Waals surface area contributed by atoms with Gasteiger partial charge in [0.1, 0.15) is 11.5 Å². The predicted octanol–water partition coefficient (Wildman–Crippen LogP) is 3.40. The molecule has 0 heterocycles. The summed E-state index contributed by atoms with van der Waals surface area (Å²) in [6.07, 6.45) is 0. The molecule has 0 atom stereocenters. The quantitative estimate of drug-likeness (QED) is 0.558. The summed E-state index contributed by atoms with van der Waals surface area (Å²) in [5.41, 5.74) is 0. The van der Waals surface area contributed by atoms with Gasteiger partial charge in [-0.05, 0) is 22.9 Å². The number of aromatic hydroxyl groups is 2. The Morgan fingerprint density at radius 3 is 2.38 bits per heavy atom. The van der Waals surface area contributed by atoms with Crippen LogP contribution in [0.15, 0.2) is 48.5 Å². The van der Waals surface area contributed by atoms with E-state index in [1.807, 2.05) is 36.4 Å². The van der Waals surface area contributed by atoms with Crippen molar-refractivity contribution >= 4 is 21.5 Å². The highest BCUT2D eigenvalue weighted by atomic mass is 16.3. The molecule has 0 aromatic heterocycles. The van der Waals surface area contributed by atoms with Crippen LogP contribution in [-0.4, -0.2) is 10.2 Å². The normalized spacial score (nSPS) is 11.0. The van der Waals surface area contributed by atoms with E-state index in [4.69, 9.17) is 0 Å². The molecule has 0 fully saturated rings. The third kappa shape index (κ3) is 1.13. The lowest BCUT2D eigenvalue weighted by Crippen LogP contribution is -1.79. The Morgan fingerprint density at radius 1 is 0.750 bits per heavy atom. The SMILES string of the molecule is Oc1cccc2cc3ccccc3c(O)c12. The number of rotatable bonds is 0. The average molecular weight is 210 g/mol. The Hall–Kier alpha value is -2.22. The second-order valence-electron chi connectivity index (χ2n) is 3.82. The third-order valence-electron chi connectivity index (χ3n) is 2.84. The molecule has 0 unspecified atom stereocenters. The number of fused-ring (bicyclic) bond motifs is 2. The summed E-state index contributed by atoms with van der Waals surface area (Å²) in [6, 6.07) is 14.8. The fourth-order valence-electron chi connectivity index (χ4n) is 2.08. The third-order valence-corrected chi connectivity index (χ3v) is 2.84. The molecule has 0 saturated carbocycles. The van der Waals surface area contributed by atoms with Gasteiger partial charge in [0.25, 0.3) is 0 Å². The van der Waals surface area contributed by atoms with Crippen molar-refractivity contribution in [3.05, 3.63) is 48.5 Å². The molecule has 3 rings (SSSR count). The first-order valence-electron chi connectivity index (χ1n) is 5.10. The van der Waals surface area contributed by atoms with Gasteiger partial charge in [-0.3, -0.25) is 0 Å². The van der Waals surface area contributed by atoms with Crippen molar-refractivity contribution in [1.82, 2.24) is 0 Å². The Kier molecular flexibility index (Phi) is 1.77. The van der Waals surface area contributed by atoms with Gasteiger partial charge >= 0.3 is 0 Å². The van der Waals surface area contributed by atoms with Crippen LogP contribution in [0.2, 0.25) is 0 Å². The zero-order valence-corrected chi connectivity index (χ0v) is 8.51. The molecule has 0 saturated heterocycles. The summed E-state index contributed by atoms with van der Waals surface area (Å²) in [5.74, 6) is 0.256. The Balaban J connectivity index is 2.62. The highest BCUT2D eigenvalue weighted by molar-refractivity contribution is 6.07. The molecule has 0 aliphatic rings. The van der Waals surface area contributed by atoms with E-state index in [0.717, 1.165) is 16.2 Å². The smallest absolute Gasteiger partial charge is 0.134 e. The zero-order valence-electron chi connectivity index (χ0n) is 8.51. The van der Waals surface area contributed by atoms with E-state index in [0.29, 0.717) is 5.39 Å². The summed E-state index contributed by atoms with van der Waals surface area (Å²) in [5, 5.41) is 23.0. The number of phenols is 2.